The van der Waals surface area contributed by atoms with Gasteiger partial charge in [0.15, 0.2) is 0 Å². The maximum absolute atomic E-state index is 12.0. The molecule has 0 aliphatic carbocycles. The van der Waals surface area contributed by atoms with Crippen molar-refractivity contribution in [2.75, 3.05) is 23.9 Å². The molecular weight excluding hydrogens is 280 g/mol. The second-order valence-electron chi connectivity index (χ2n) is 4.17. The summed E-state index contributed by atoms with van der Waals surface area (Å²) in [6.45, 7) is 4.83. The molecule has 1 atom stereocenters. The van der Waals surface area contributed by atoms with Crippen LogP contribution in [0, 0.1) is 0 Å². The number of thioether (sulfide) groups is 1. The maximum Gasteiger partial charge on any atom is 0.241 e. The van der Waals surface area contributed by atoms with Crippen LogP contribution in [0.3, 0.4) is 0 Å². The van der Waals surface area contributed by atoms with E-state index in [1.165, 1.54) is 5.56 Å². The van der Waals surface area contributed by atoms with Gasteiger partial charge in [0.05, 0.1) is 6.04 Å². The van der Waals surface area contributed by atoms with Crippen LogP contribution in [0.1, 0.15) is 19.4 Å². The number of halogens is 1. The standard InChI is InChI=1S/C14H22N2OS.ClH/c1-4-12-7-5-6-8-13(12)16-14(17)11(2)15-9-10-18-3;/h5-8,11,15H,4,9-10H2,1-3H3,(H,16,17);1H. The molecule has 3 nitrogen and oxygen atoms in total. The lowest BCUT2D eigenvalue weighted by Gasteiger charge is -2.15. The molecule has 0 spiro atoms. The highest BCUT2D eigenvalue weighted by molar-refractivity contribution is 7.98. The molecule has 0 aromatic heterocycles. The highest BCUT2D eigenvalue weighted by Gasteiger charge is 2.12. The smallest absolute Gasteiger partial charge is 0.241 e. The minimum atomic E-state index is -0.165. The molecule has 19 heavy (non-hydrogen) atoms. The molecule has 1 unspecified atom stereocenters. The lowest BCUT2D eigenvalue weighted by atomic mass is 10.1. The Bertz CT molecular complexity index is 387. The van der Waals surface area contributed by atoms with E-state index in [1.54, 1.807) is 11.8 Å². The molecule has 108 valence electrons. The summed E-state index contributed by atoms with van der Waals surface area (Å²) in [5, 5.41) is 6.19. The van der Waals surface area contributed by atoms with E-state index in [-0.39, 0.29) is 24.4 Å². The third kappa shape index (κ3) is 6.32. The quantitative estimate of drug-likeness (QED) is 0.761. The Labute approximate surface area is 126 Å². The zero-order valence-corrected chi connectivity index (χ0v) is 13.4. The number of nitrogens with one attached hydrogen (secondary N) is 2. The summed E-state index contributed by atoms with van der Waals surface area (Å²) >= 11 is 1.77. The van der Waals surface area contributed by atoms with Gasteiger partial charge in [-0.05, 0) is 31.2 Å². The van der Waals surface area contributed by atoms with Crippen molar-refractivity contribution in [2.24, 2.45) is 0 Å². The minimum Gasteiger partial charge on any atom is -0.324 e. The van der Waals surface area contributed by atoms with Gasteiger partial charge in [0.1, 0.15) is 0 Å². The molecule has 1 amide bonds. The SMILES string of the molecule is CCc1ccccc1NC(=O)C(C)NCCSC.Cl. The fourth-order valence-electron chi connectivity index (χ4n) is 1.66. The van der Waals surface area contributed by atoms with Crippen molar-refractivity contribution >= 4 is 35.8 Å². The van der Waals surface area contributed by atoms with Crippen molar-refractivity contribution in [2.45, 2.75) is 26.3 Å². The summed E-state index contributed by atoms with van der Waals surface area (Å²) in [5.41, 5.74) is 2.09. The van der Waals surface area contributed by atoms with E-state index in [4.69, 9.17) is 0 Å². The second-order valence-corrected chi connectivity index (χ2v) is 5.15. The van der Waals surface area contributed by atoms with E-state index in [0.717, 1.165) is 24.4 Å². The summed E-state index contributed by atoms with van der Waals surface area (Å²) in [4.78, 5) is 12.0. The minimum absolute atomic E-state index is 0. The maximum atomic E-state index is 12.0. The number of carbonyl (C=O) groups is 1. The Hall–Kier alpha value is -0.710. The van der Waals surface area contributed by atoms with Crippen molar-refractivity contribution in [3.05, 3.63) is 29.8 Å². The van der Waals surface area contributed by atoms with E-state index < -0.39 is 0 Å². The van der Waals surface area contributed by atoms with Crippen molar-refractivity contribution in [1.82, 2.24) is 5.32 Å². The topological polar surface area (TPSA) is 41.1 Å². The van der Waals surface area contributed by atoms with Crippen LogP contribution in [-0.4, -0.2) is 30.5 Å². The van der Waals surface area contributed by atoms with Gasteiger partial charge in [0.2, 0.25) is 5.91 Å². The van der Waals surface area contributed by atoms with E-state index in [2.05, 4.69) is 23.8 Å². The normalized spacial score (nSPS) is 11.5. The van der Waals surface area contributed by atoms with Gasteiger partial charge in [-0.15, -0.1) is 12.4 Å². The van der Waals surface area contributed by atoms with Gasteiger partial charge in [-0.3, -0.25) is 4.79 Å². The third-order valence-electron chi connectivity index (χ3n) is 2.81. The highest BCUT2D eigenvalue weighted by atomic mass is 35.5. The molecule has 0 aliphatic heterocycles. The molecular formula is C14H23ClN2OS. The van der Waals surface area contributed by atoms with Crippen LogP contribution >= 0.6 is 24.2 Å². The van der Waals surface area contributed by atoms with Crippen LogP contribution < -0.4 is 10.6 Å². The monoisotopic (exact) mass is 302 g/mol. The van der Waals surface area contributed by atoms with Crippen molar-refractivity contribution in [3.63, 3.8) is 0 Å². The summed E-state index contributed by atoms with van der Waals surface area (Å²) in [6.07, 6.45) is 2.98. The first-order chi connectivity index (χ1) is 8.69. The van der Waals surface area contributed by atoms with Crippen LogP contribution in [0.4, 0.5) is 5.69 Å². The predicted molar refractivity (Wildman–Crippen MR) is 87.5 cm³/mol. The van der Waals surface area contributed by atoms with E-state index >= 15 is 0 Å². The molecule has 0 heterocycles. The van der Waals surface area contributed by atoms with Crippen molar-refractivity contribution in [1.29, 1.82) is 0 Å². The number of hydrogen-bond donors (Lipinski definition) is 2. The Morgan fingerprint density at radius 1 is 1.37 bits per heavy atom. The summed E-state index contributed by atoms with van der Waals surface area (Å²) in [6, 6.07) is 7.77. The zero-order chi connectivity index (χ0) is 13.4. The summed E-state index contributed by atoms with van der Waals surface area (Å²) in [5.74, 6) is 1.04. The molecule has 2 N–H and O–H groups in total. The molecule has 0 saturated heterocycles. The van der Waals surface area contributed by atoms with Crippen LogP contribution in [0.15, 0.2) is 24.3 Å². The van der Waals surface area contributed by atoms with Gasteiger partial charge < -0.3 is 10.6 Å². The zero-order valence-electron chi connectivity index (χ0n) is 11.7. The Balaban J connectivity index is 0.00000324. The number of hydrogen-bond acceptors (Lipinski definition) is 3. The second kappa shape index (κ2) is 10.1. The third-order valence-corrected chi connectivity index (χ3v) is 3.42. The summed E-state index contributed by atoms with van der Waals surface area (Å²) in [7, 11) is 0. The number of rotatable bonds is 7. The average Bonchev–Trinajstić information content (AvgIpc) is 2.39. The average molecular weight is 303 g/mol. The van der Waals surface area contributed by atoms with E-state index in [0.29, 0.717) is 0 Å². The molecule has 0 aliphatic rings. The number of benzene rings is 1. The number of anilines is 1. The molecule has 0 bridgehead atoms. The number of para-hydroxylation sites is 1. The first-order valence-electron chi connectivity index (χ1n) is 6.30. The van der Waals surface area contributed by atoms with Crippen LogP contribution in [0.2, 0.25) is 0 Å². The summed E-state index contributed by atoms with van der Waals surface area (Å²) < 4.78 is 0. The molecule has 1 aromatic carbocycles. The largest absolute Gasteiger partial charge is 0.324 e. The molecule has 0 fully saturated rings. The predicted octanol–water partition coefficient (Wildman–Crippen LogP) is 2.95. The van der Waals surface area contributed by atoms with Crippen molar-refractivity contribution in [3.8, 4) is 0 Å². The fourth-order valence-corrected chi connectivity index (χ4v) is 1.98. The molecule has 0 saturated carbocycles. The van der Waals surface area contributed by atoms with Gasteiger partial charge >= 0.3 is 0 Å². The first kappa shape index (κ1) is 18.3. The number of amides is 1. The van der Waals surface area contributed by atoms with Crippen molar-refractivity contribution < 1.29 is 4.79 Å². The first-order valence-corrected chi connectivity index (χ1v) is 7.69. The lowest BCUT2D eigenvalue weighted by Crippen LogP contribution is -2.39. The van der Waals surface area contributed by atoms with Crippen LogP contribution in [-0.2, 0) is 11.2 Å². The van der Waals surface area contributed by atoms with Gasteiger partial charge in [0, 0.05) is 18.0 Å². The number of carbonyl (C=O) groups excluding carboxylic acids is 1. The van der Waals surface area contributed by atoms with Gasteiger partial charge in [0.25, 0.3) is 0 Å². The van der Waals surface area contributed by atoms with E-state index in [9.17, 15) is 4.79 Å². The highest BCUT2D eigenvalue weighted by Crippen LogP contribution is 2.15. The Kier molecular flexibility index (Phi) is 9.74. The van der Waals surface area contributed by atoms with Crippen LogP contribution in [0.5, 0.6) is 0 Å². The molecule has 1 rings (SSSR count). The lowest BCUT2D eigenvalue weighted by molar-refractivity contribution is -0.117. The molecule has 1 aromatic rings. The fraction of sp³-hybridized carbons (Fsp3) is 0.500. The Morgan fingerprint density at radius 3 is 2.68 bits per heavy atom. The van der Waals surface area contributed by atoms with Gasteiger partial charge in [-0.1, -0.05) is 25.1 Å². The van der Waals surface area contributed by atoms with E-state index in [1.807, 2.05) is 31.2 Å². The number of aryl methyl sites for hydroxylation is 1. The molecule has 5 heteroatoms. The van der Waals surface area contributed by atoms with Gasteiger partial charge in [-0.2, -0.15) is 11.8 Å². The molecule has 0 radical (unpaired) electrons. The van der Waals surface area contributed by atoms with Crippen LogP contribution in [0.25, 0.3) is 0 Å². The van der Waals surface area contributed by atoms with Gasteiger partial charge in [-0.25, -0.2) is 0 Å². The Morgan fingerprint density at radius 2 is 2.05 bits per heavy atom.